The number of carbonyl (C=O) groups is 2. The van der Waals surface area contributed by atoms with Gasteiger partial charge < -0.3 is 5.32 Å². The highest BCUT2D eigenvalue weighted by Gasteiger charge is 2.31. The van der Waals surface area contributed by atoms with Gasteiger partial charge in [0.2, 0.25) is 5.91 Å². The van der Waals surface area contributed by atoms with Crippen molar-refractivity contribution in [1.82, 2.24) is 14.8 Å². The number of nitrogens with one attached hydrogen (secondary N) is 1. The van der Waals surface area contributed by atoms with Crippen molar-refractivity contribution in [1.29, 1.82) is 0 Å². The van der Waals surface area contributed by atoms with Crippen molar-refractivity contribution in [2.45, 2.75) is 50.1 Å². The molecule has 0 unspecified atom stereocenters. The molecule has 31 heavy (non-hydrogen) atoms. The van der Waals surface area contributed by atoms with Crippen molar-refractivity contribution in [3.8, 4) is 5.69 Å². The second-order valence-electron chi connectivity index (χ2n) is 8.23. The predicted molar refractivity (Wildman–Crippen MR) is 121 cm³/mol. The van der Waals surface area contributed by atoms with Gasteiger partial charge in [-0.1, -0.05) is 30.0 Å². The van der Waals surface area contributed by atoms with Gasteiger partial charge in [-0.25, -0.2) is 0 Å². The average Bonchev–Trinajstić information content (AvgIpc) is 3.34. The molecule has 1 aromatic heterocycles. The number of ketones is 1. The van der Waals surface area contributed by atoms with Crippen LogP contribution in [0.5, 0.6) is 0 Å². The number of hydrogen-bond donors (Lipinski definition) is 1. The first kappa shape index (κ1) is 20.0. The Morgan fingerprint density at radius 1 is 1.10 bits per heavy atom. The lowest BCUT2D eigenvalue weighted by Crippen LogP contribution is -2.08. The van der Waals surface area contributed by atoms with Crippen molar-refractivity contribution in [2.75, 3.05) is 11.1 Å². The van der Waals surface area contributed by atoms with Crippen molar-refractivity contribution in [3.63, 3.8) is 0 Å². The largest absolute Gasteiger partial charge is 0.326 e. The smallest absolute Gasteiger partial charge is 0.221 e. The standard InChI is InChI=1S/C24H24N4O2S/c1-15(29)25-20-6-3-7-21(13-20)28-23(17-9-10-17)26-27-24(28)31-14-22(30)19-11-8-16-4-2-5-18(16)12-19/h3,6-8,11-13,17H,2,4-5,9-10,14H2,1H3,(H,25,29). The molecular formula is C24H24N4O2S. The Morgan fingerprint density at radius 2 is 1.94 bits per heavy atom. The Kier molecular flexibility index (Phi) is 5.36. The number of amides is 1. The maximum absolute atomic E-state index is 12.9. The van der Waals surface area contributed by atoms with Gasteiger partial charge in [-0.2, -0.15) is 0 Å². The van der Waals surface area contributed by atoms with Crippen LogP contribution in [0.4, 0.5) is 5.69 Å². The highest BCUT2D eigenvalue weighted by atomic mass is 32.2. The van der Waals surface area contributed by atoms with Gasteiger partial charge in [0.15, 0.2) is 10.9 Å². The van der Waals surface area contributed by atoms with Gasteiger partial charge in [0, 0.05) is 24.1 Å². The third-order valence-corrected chi connectivity index (χ3v) is 6.71. The number of anilines is 1. The van der Waals surface area contributed by atoms with Crippen LogP contribution < -0.4 is 5.32 Å². The van der Waals surface area contributed by atoms with Crippen LogP contribution in [-0.4, -0.2) is 32.2 Å². The minimum Gasteiger partial charge on any atom is -0.326 e. The molecule has 1 fully saturated rings. The van der Waals surface area contributed by atoms with E-state index in [-0.39, 0.29) is 11.7 Å². The van der Waals surface area contributed by atoms with Crippen molar-refractivity contribution in [3.05, 3.63) is 65.0 Å². The van der Waals surface area contributed by atoms with Gasteiger partial charge >= 0.3 is 0 Å². The fraction of sp³-hybridized carbons (Fsp3) is 0.333. The molecule has 2 aliphatic carbocycles. The van der Waals surface area contributed by atoms with E-state index in [1.165, 1.54) is 36.2 Å². The minimum absolute atomic E-state index is 0.106. The summed E-state index contributed by atoms with van der Waals surface area (Å²) in [7, 11) is 0. The number of hydrogen-bond acceptors (Lipinski definition) is 5. The third kappa shape index (κ3) is 4.28. The summed E-state index contributed by atoms with van der Waals surface area (Å²) in [5.41, 5.74) is 5.08. The molecule has 1 saturated carbocycles. The minimum atomic E-state index is -0.113. The summed E-state index contributed by atoms with van der Waals surface area (Å²) in [5, 5.41) is 12.4. The fourth-order valence-corrected chi connectivity index (χ4v) is 4.96. The van der Waals surface area contributed by atoms with E-state index in [9.17, 15) is 9.59 Å². The Morgan fingerprint density at radius 3 is 2.74 bits per heavy atom. The molecule has 0 saturated heterocycles. The maximum atomic E-state index is 12.9. The normalized spacial score (nSPS) is 15.0. The summed E-state index contributed by atoms with van der Waals surface area (Å²) in [6.45, 7) is 1.49. The number of benzene rings is 2. The molecule has 0 radical (unpaired) electrons. The van der Waals surface area contributed by atoms with Gasteiger partial charge in [0.05, 0.1) is 11.4 Å². The summed E-state index contributed by atoms with van der Waals surface area (Å²) in [6, 6.07) is 13.8. The van der Waals surface area contributed by atoms with Crippen molar-refractivity contribution in [2.24, 2.45) is 0 Å². The highest BCUT2D eigenvalue weighted by Crippen LogP contribution is 2.41. The number of fused-ring (bicyclic) bond motifs is 1. The molecule has 3 aromatic rings. The number of rotatable bonds is 7. The monoisotopic (exact) mass is 432 g/mol. The van der Waals surface area contributed by atoms with Crippen LogP contribution in [0.15, 0.2) is 47.6 Å². The summed E-state index contributed by atoms with van der Waals surface area (Å²) < 4.78 is 2.03. The molecule has 0 atom stereocenters. The highest BCUT2D eigenvalue weighted by molar-refractivity contribution is 7.99. The van der Waals surface area contributed by atoms with Gasteiger partial charge in [-0.15, -0.1) is 10.2 Å². The molecule has 0 aliphatic heterocycles. The van der Waals surface area contributed by atoms with Crippen LogP contribution >= 0.6 is 11.8 Å². The molecular weight excluding hydrogens is 408 g/mol. The molecule has 2 aliphatic rings. The molecule has 7 heteroatoms. The lowest BCUT2D eigenvalue weighted by molar-refractivity contribution is -0.114. The van der Waals surface area contributed by atoms with E-state index in [0.29, 0.717) is 16.8 Å². The van der Waals surface area contributed by atoms with E-state index in [4.69, 9.17) is 0 Å². The molecule has 2 aromatic carbocycles. The van der Waals surface area contributed by atoms with E-state index < -0.39 is 0 Å². The van der Waals surface area contributed by atoms with Crippen LogP contribution in [0.2, 0.25) is 0 Å². The molecule has 158 valence electrons. The molecule has 0 bridgehead atoms. The van der Waals surface area contributed by atoms with E-state index >= 15 is 0 Å². The van der Waals surface area contributed by atoms with Crippen LogP contribution in [0, 0.1) is 0 Å². The van der Waals surface area contributed by atoms with Crippen LogP contribution in [0.3, 0.4) is 0 Å². The second-order valence-corrected chi connectivity index (χ2v) is 9.17. The lowest BCUT2D eigenvalue weighted by atomic mass is 10.0. The molecule has 0 spiro atoms. The van der Waals surface area contributed by atoms with Gasteiger partial charge in [0.25, 0.3) is 0 Å². The van der Waals surface area contributed by atoms with Gasteiger partial charge in [-0.3, -0.25) is 14.2 Å². The van der Waals surface area contributed by atoms with E-state index in [1.807, 2.05) is 34.9 Å². The number of nitrogens with zero attached hydrogens (tertiary/aromatic N) is 3. The SMILES string of the molecule is CC(=O)Nc1cccc(-n2c(SCC(=O)c3ccc4c(c3)CCC4)nnc2C2CC2)c1. The Hall–Kier alpha value is -2.93. The molecule has 1 amide bonds. The Bertz CT molecular complexity index is 1170. The van der Waals surface area contributed by atoms with E-state index in [2.05, 4.69) is 27.6 Å². The summed E-state index contributed by atoms with van der Waals surface area (Å²) in [5.74, 6) is 1.63. The lowest BCUT2D eigenvalue weighted by Gasteiger charge is -2.12. The van der Waals surface area contributed by atoms with Crippen molar-refractivity contribution >= 4 is 29.1 Å². The van der Waals surface area contributed by atoms with Crippen LogP contribution in [0.25, 0.3) is 5.69 Å². The van der Waals surface area contributed by atoms with Crippen LogP contribution in [-0.2, 0) is 17.6 Å². The Balaban J connectivity index is 1.39. The summed E-state index contributed by atoms with van der Waals surface area (Å²) in [6.07, 6.45) is 5.55. The third-order valence-electron chi connectivity index (χ3n) is 5.78. The first-order chi connectivity index (χ1) is 15.1. The number of Topliss-reactive ketones (excluding diaryl/α,β-unsaturated/α-hetero) is 1. The molecule has 5 rings (SSSR count). The zero-order valence-electron chi connectivity index (χ0n) is 17.4. The van der Waals surface area contributed by atoms with Crippen LogP contribution in [0.1, 0.15) is 59.4 Å². The topological polar surface area (TPSA) is 76.9 Å². The van der Waals surface area contributed by atoms with Gasteiger partial charge in [-0.05, 0) is 67.5 Å². The van der Waals surface area contributed by atoms with Gasteiger partial charge in [0.1, 0.15) is 5.82 Å². The van der Waals surface area contributed by atoms with E-state index in [1.54, 1.807) is 0 Å². The number of carbonyl (C=O) groups excluding carboxylic acids is 2. The zero-order valence-corrected chi connectivity index (χ0v) is 18.2. The first-order valence-corrected chi connectivity index (χ1v) is 11.7. The Labute approximate surface area is 185 Å². The maximum Gasteiger partial charge on any atom is 0.221 e. The number of aromatic nitrogens is 3. The first-order valence-electron chi connectivity index (χ1n) is 10.7. The molecule has 1 N–H and O–H groups in total. The van der Waals surface area contributed by atoms with Crippen molar-refractivity contribution < 1.29 is 9.59 Å². The summed E-state index contributed by atoms with van der Waals surface area (Å²) in [4.78, 5) is 24.3. The molecule has 1 heterocycles. The average molecular weight is 433 g/mol. The predicted octanol–water partition coefficient (Wildman–Crippen LogP) is 4.57. The zero-order chi connectivity index (χ0) is 21.4. The quantitative estimate of drug-likeness (QED) is 0.437. The second kappa shape index (κ2) is 8.30. The number of aryl methyl sites for hydroxylation is 2. The fourth-order valence-electron chi connectivity index (χ4n) is 4.11. The number of thioether (sulfide) groups is 1. The summed E-state index contributed by atoms with van der Waals surface area (Å²) >= 11 is 1.42. The van der Waals surface area contributed by atoms with E-state index in [0.717, 1.165) is 48.4 Å². The molecule has 6 nitrogen and oxygen atoms in total.